The van der Waals surface area contributed by atoms with Crippen molar-refractivity contribution < 1.29 is 22.8 Å². The minimum Gasteiger partial charge on any atom is -0.336 e. The van der Waals surface area contributed by atoms with Crippen LogP contribution in [-0.2, 0) is 11.0 Å². The second kappa shape index (κ2) is 9.07. The Labute approximate surface area is 167 Å². The summed E-state index contributed by atoms with van der Waals surface area (Å²) >= 11 is 1.42. The topological polar surface area (TPSA) is 52.7 Å². The summed E-state index contributed by atoms with van der Waals surface area (Å²) in [4.78, 5) is 27.7. The van der Waals surface area contributed by atoms with Crippen LogP contribution in [0.5, 0.6) is 0 Å². The molecule has 0 aliphatic carbocycles. The molecule has 0 spiro atoms. The molecule has 3 amide bonds. The lowest BCUT2D eigenvalue weighted by Gasteiger charge is -2.26. The van der Waals surface area contributed by atoms with Crippen molar-refractivity contribution in [3.05, 3.63) is 35.4 Å². The van der Waals surface area contributed by atoms with E-state index in [2.05, 4.69) is 5.32 Å². The van der Waals surface area contributed by atoms with Gasteiger partial charge in [0, 0.05) is 26.2 Å². The first-order valence-corrected chi connectivity index (χ1v) is 10.1. The molecular weight excluding hydrogens is 391 g/mol. The standard InChI is InChI=1S/C19H26F3N3O2S/c1-12(2)23-18(27)24(4)10-5-11-25-16(26)13(3)28-17(25)14-6-8-15(9-7-14)19(20,21)22/h6-9,12-13,17H,5,10-11H2,1-4H3,(H,23,27)/t13-,17+/m1/s1. The zero-order chi connectivity index (χ0) is 21.1. The molecule has 1 heterocycles. The van der Waals surface area contributed by atoms with Crippen molar-refractivity contribution in [3.8, 4) is 0 Å². The van der Waals surface area contributed by atoms with E-state index in [9.17, 15) is 22.8 Å². The van der Waals surface area contributed by atoms with Crippen LogP contribution in [0.25, 0.3) is 0 Å². The third kappa shape index (κ3) is 5.56. The summed E-state index contributed by atoms with van der Waals surface area (Å²) in [6.07, 6.45) is -3.80. The molecule has 156 valence electrons. The smallest absolute Gasteiger partial charge is 0.336 e. The molecule has 28 heavy (non-hydrogen) atoms. The minimum atomic E-state index is -4.38. The van der Waals surface area contributed by atoms with Crippen LogP contribution < -0.4 is 5.32 Å². The Morgan fingerprint density at radius 3 is 2.43 bits per heavy atom. The highest BCUT2D eigenvalue weighted by molar-refractivity contribution is 8.01. The molecule has 1 aromatic rings. The van der Waals surface area contributed by atoms with Gasteiger partial charge in [-0.15, -0.1) is 11.8 Å². The lowest BCUT2D eigenvalue weighted by molar-refractivity contribution is -0.137. The van der Waals surface area contributed by atoms with Gasteiger partial charge in [0.15, 0.2) is 0 Å². The highest BCUT2D eigenvalue weighted by atomic mass is 32.2. The number of carbonyl (C=O) groups excluding carboxylic acids is 2. The summed E-state index contributed by atoms with van der Waals surface area (Å²) < 4.78 is 38.3. The number of nitrogens with one attached hydrogen (secondary N) is 1. The van der Waals surface area contributed by atoms with E-state index in [4.69, 9.17) is 0 Å². The van der Waals surface area contributed by atoms with Crippen molar-refractivity contribution in [2.24, 2.45) is 0 Å². The Hall–Kier alpha value is -1.90. The van der Waals surface area contributed by atoms with Crippen molar-refractivity contribution in [1.29, 1.82) is 0 Å². The van der Waals surface area contributed by atoms with Crippen molar-refractivity contribution >= 4 is 23.7 Å². The molecule has 1 aliphatic rings. The zero-order valence-electron chi connectivity index (χ0n) is 16.4. The number of hydrogen-bond acceptors (Lipinski definition) is 3. The first-order chi connectivity index (χ1) is 13.0. The first-order valence-electron chi connectivity index (χ1n) is 9.15. The van der Waals surface area contributed by atoms with Crippen molar-refractivity contribution in [3.63, 3.8) is 0 Å². The van der Waals surface area contributed by atoms with Crippen LogP contribution in [0.2, 0.25) is 0 Å². The van der Waals surface area contributed by atoms with E-state index in [1.165, 1.54) is 23.9 Å². The van der Waals surface area contributed by atoms with Crippen LogP contribution in [0, 0.1) is 0 Å². The van der Waals surface area contributed by atoms with Gasteiger partial charge < -0.3 is 15.1 Å². The third-order valence-corrected chi connectivity index (χ3v) is 5.82. The summed E-state index contributed by atoms with van der Waals surface area (Å²) in [5.74, 6) is -0.0378. The Bertz CT molecular complexity index is 695. The fraction of sp³-hybridized carbons (Fsp3) is 0.579. The van der Waals surface area contributed by atoms with Gasteiger partial charge >= 0.3 is 12.2 Å². The quantitative estimate of drug-likeness (QED) is 0.758. The summed E-state index contributed by atoms with van der Waals surface area (Å²) in [5, 5.41) is 2.22. The second-order valence-corrected chi connectivity index (χ2v) is 8.59. The zero-order valence-corrected chi connectivity index (χ0v) is 17.2. The van der Waals surface area contributed by atoms with Crippen LogP contribution >= 0.6 is 11.8 Å². The molecule has 0 unspecified atom stereocenters. The van der Waals surface area contributed by atoms with Gasteiger partial charge in [-0.1, -0.05) is 12.1 Å². The van der Waals surface area contributed by atoms with Crippen LogP contribution in [0.1, 0.15) is 43.7 Å². The fourth-order valence-corrected chi connectivity index (χ4v) is 4.24. The highest BCUT2D eigenvalue weighted by Crippen LogP contribution is 2.43. The van der Waals surface area contributed by atoms with Crippen LogP contribution in [0.3, 0.4) is 0 Å². The predicted octanol–water partition coefficient (Wildman–Crippen LogP) is 4.11. The van der Waals surface area contributed by atoms with Gasteiger partial charge in [-0.25, -0.2) is 4.79 Å². The third-order valence-electron chi connectivity index (χ3n) is 4.42. The van der Waals surface area contributed by atoms with E-state index in [0.717, 1.165) is 12.1 Å². The molecule has 0 radical (unpaired) electrons. The van der Waals surface area contributed by atoms with E-state index in [1.807, 2.05) is 13.8 Å². The fourth-order valence-electron chi connectivity index (χ4n) is 2.93. The molecule has 1 saturated heterocycles. The maximum atomic E-state index is 12.8. The van der Waals surface area contributed by atoms with Crippen molar-refractivity contribution in [2.75, 3.05) is 20.1 Å². The lowest BCUT2D eigenvalue weighted by Crippen LogP contribution is -2.42. The number of nitrogens with zero attached hydrogens (tertiary/aromatic N) is 2. The summed E-state index contributed by atoms with van der Waals surface area (Å²) in [7, 11) is 1.69. The molecular formula is C19H26F3N3O2S. The Balaban J connectivity index is 2.01. The van der Waals surface area contributed by atoms with Gasteiger partial charge in [0.1, 0.15) is 5.37 Å². The predicted molar refractivity (Wildman–Crippen MR) is 104 cm³/mol. The van der Waals surface area contributed by atoms with Crippen molar-refractivity contribution in [2.45, 2.75) is 50.0 Å². The molecule has 0 bridgehead atoms. The number of halogens is 3. The molecule has 1 aliphatic heterocycles. The number of amides is 3. The highest BCUT2D eigenvalue weighted by Gasteiger charge is 2.38. The largest absolute Gasteiger partial charge is 0.416 e. The number of benzene rings is 1. The van der Waals surface area contributed by atoms with Gasteiger partial charge in [-0.3, -0.25) is 4.79 Å². The number of carbonyl (C=O) groups is 2. The molecule has 1 N–H and O–H groups in total. The summed E-state index contributed by atoms with van der Waals surface area (Å²) in [5.41, 5.74) is -0.0374. The second-order valence-electron chi connectivity index (χ2n) is 7.16. The first kappa shape index (κ1) is 22.4. The van der Waals surface area contributed by atoms with Crippen LogP contribution in [0.4, 0.5) is 18.0 Å². The van der Waals surface area contributed by atoms with Crippen molar-refractivity contribution in [1.82, 2.24) is 15.1 Å². The average molecular weight is 417 g/mol. The molecule has 2 atom stereocenters. The van der Waals surface area contributed by atoms with Gasteiger partial charge in [0.2, 0.25) is 5.91 Å². The molecule has 2 rings (SSSR count). The van der Waals surface area contributed by atoms with Gasteiger partial charge in [0.25, 0.3) is 0 Å². The number of urea groups is 1. The lowest BCUT2D eigenvalue weighted by atomic mass is 10.1. The normalized spacial score (nSPS) is 20.0. The molecule has 0 saturated carbocycles. The van der Waals surface area contributed by atoms with Crippen LogP contribution in [0.15, 0.2) is 24.3 Å². The Kier molecular flexibility index (Phi) is 7.25. The molecule has 0 aromatic heterocycles. The molecule has 1 fully saturated rings. The monoisotopic (exact) mass is 417 g/mol. The van der Waals surface area contributed by atoms with Crippen LogP contribution in [-0.4, -0.2) is 53.2 Å². The van der Waals surface area contributed by atoms with Gasteiger partial charge in [-0.2, -0.15) is 13.2 Å². The Morgan fingerprint density at radius 2 is 1.89 bits per heavy atom. The number of hydrogen-bond donors (Lipinski definition) is 1. The SMILES string of the molecule is CC(C)NC(=O)N(C)CCCN1C(=O)[C@@H](C)S[C@H]1c1ccc(C(F)(F)F)cc1. The van der Waals surface area contributed by atoms with Gasteiger partial charge in [-0.05, 0) is 44.9 Å². The summed E-state index contributed by atoms with van der Waals surface area (Å²) in [6.45, 7) is 6.46. The number of alkyl halides is 3. The molecule has 5 nitrogen and oxygen atoms in total. The number of thioether (sulfide) groups is 1. The molecule has 1 aromatic carbocycles. The van der Waals surface area contributed by atoms with Gasteiger partial charge in [0.05, 0.1) is 10.8 Å². The maximum Gasteiger partial charge on any atom is 0.416 e. The number of rotatable bonds is 6. The van der Waals surface area contributed by atoms with E-state index in [1.54, 1.807) is 23.8 Å². The summed E-state index contributed by atoms with van der Waals surface area (Å²) in [6, 6.07) is 4.82. The van der Waals surface area contributed by atoms with E-state index < -0.39 is 11.7 Å². The average Bonchev–Trinajstić information content (AvgIpc) is 2.88. The van der Waals surface area contributed by atoms with E-state index in [-0.39, 0.29) is 28.6 Å². The van der Waals surface area contributed by atoms with E-state index >= 15 is 0 Å². The minimum absolute atomic E-state index is 0.0378. The molecule has 9 heteroatoms. The maximum absolute atomic E-state index is 12.8. The Morgan fingerprint density at radius 1 is 1.29 bits per heavy atom. The van der Waals surface area contributed by atoms with E-state index in [0.29, 0.717) is 25.1 Å².